The first-order valence-electron chi connectivity index (χ1n) is 11.1. The number of ether oxygens (including phenoxy) is 3. The van der Waals surface area contributed by atoms with Crippen LogP contribution in [0.1, 0.15) is 23.6 Å². The summed E-state index contributed by atoms with van der Waals surface area (Å²) in [6.07, 6.45) is -0.743. The fraction of sp³-hybridized carbons (Fsp3) is 0.231. The van der Waals surface area contributed by atoms with Crippen molar-refractivity contribution in [1.29, 1.82) is 5.26 Å². The van der Waals surface area contributed by atoms with Crippen molar-refractivity contribution in [3.63, 3.8) is 0 Å². The minimum absolute atomic E-state index is 0.0425. The summed E-state index contributed by atoms with van der Waals surface area (Å²) in [5.74, 6) is 1.34. The molecule has 0 spiro atoms. The second kappa shape index (κ2) is 10.2. The Morgan fingerprint density at radius 3 is 2.61 bits per heavy atom. The van der Waals surface area contributed by atoms with E-state index in [9.17, 15) is 18.5 Å². The number of amides is 1. The van der Waals surface area contributed by atoms with Crippen LogP contribution >= 0.6 is 0 Å². The van der Waals surface area contributed by atoms with Crippen LogP contribution in [0.4, 0.5) is 5.69 Å². The molecular weight excluding hydrogens is 482 g/mol. The van der Waals surface area contributed by atoms with Crippen LogP contribution in [0.2, 0.25) is 0 Å². The summed E-state index contributed by atoms with van der Waals surface area (Å²) < 4.78 is 45.2. The van der Waals surface area contributed by atoms with Gasteiger partial charge in [-0.1, -0.05) is 24.3 Å². The van der Waals surface area contributed by atoms with Gasteiger partial charge in [-0.2, -0.15) is 5.26 Å². The predicted molar refractivity (Wildman–Crippen MR) is 132 cm³/mol. The van der Waals surface area contributed by atoms with Gasteiger partial charge in [0.25, 0.3) is 15.9 Å². The maximum absolute atomic E-state index is 13.1. The molecule has 0 saturated heterocycles. The van der Waals surface area contributed by atoms with Gasteiger partial charge >= 0.3 is 0 Å². The standard InChI is InChI=1S/C26H25N3O6S/c1-17-26(30)29(15-19-8-6-9-23(33-2)25(19)34-3)16-20-13-21(11-12-22(20)35-17)28-36(31,32)24-10-5-4-7-18(24)14-27/h4-13,17,28H,15-16H2,1-3H3. The molecule has 0 saturated carbocycles. The smallest absolute Gasteiger partial charge is 0.263 e. The van der Waals surface area contributed by atoms with Crippen molar-refractivity contribution in [3.8, 4) is 23.3 Å². The molecule has 9 nitrogen and oxygen atoms in total. The Morgan fingerprint density at radius 1 is 1.11 bits per heavy atom. The van der Waals surface area contributed by atoms with E-state index in [1.165, 1.54) is 19.2 Å². The number of nitrogens with zero attached hydrogens (tertiary/aromatic N) is 2. The normalized spacial score (nSPS) is 15.2. The molecular formula is C26H25N3O6S. The van der Waals surface area contributed by atoms with Crippen LogP contribution in [0.5, 0.6) is 17.2 Å². The summed E-state index contributed by atoms with van der Waals surface area (Å²) in [7, 11) is -0.935. The van der Waals surface area contributed by atoms with Crippen molar-refractivity contribution in [2.45, 2.75) is 31.0 Å². The Bertz CT molecular complexity index is 1450. The largest absolute Gasteiger partial charge is 0.493 e. The van der Waals surface area contributed by atoms with Crippen LogP contribution in [-0.2, 0) is 27.9 Å². The highest BCUT2D eigenvalue weighted by Crippen LogP contribution is 2.34. The molecule has 1 aliphatic rings. The summed E-state index contributed by atoms with van der Waals surface area (Å²) in [5, 5.41) is 9.29. The monoisotopic (exact) mass is 507 g/mol. The lowest BCUT2D eigenvalue weighted by Gasteiger charge is -2.24. The second-order valence-corrected chi connectivity index (χ2v) is 9.79. The van der Waals surface area contributed by atoms with Crippen molar-refractivity contribution in [1.82, 2.24) is 4.90 Å². The fourth-order valence-corrected chi connectivity index (χ4v) is 5.29. The van der Waals surface area contributed by atoms with E-state index in [-0.39, 0.29) is 35.1 Å². The van der Waals surface area contributed by atoms with E-state index in [1.54, 1.807) is 55.3 Å². The number of nitrogens with one attached hydrogen (secondary N) is 1. The Hall–Kier alpha value is -4.23. The number of hydrogen-bond donors (Lipinski definition) is 1. The van der Waals surface area contributed by atoms with Crippen molar-refractivity contribution in [2.24, 2.45) is 0 Å². The number of benzene rings is 3. The third kappa shape index (κ3) is 4.92. The molecule has 1 aliphatic heterocycles. The number of para-hydroxylation sites is 1. The maximum Gasteiger partial charge on any atom is 0.263 e. The first-order valence-corrected chi connectivity index (χ1v) is 12.6. The van der Waals surface area contributed by atoms with Crippen molar-refractivity contribution in [3.05, 3.63) is 77.4 Å². The number of fused-ring (bicyclic) bond motifs is 1. The molecule has 0 aromatic heterocycles. The van der Waals surface area contributed by atoms with Gasteiger partial charge in [0.1, 0.15) is 16.7 Å². The zero-order valence-corrected chi connectivity index (χ0v) is 20.8. The fourth-order valence-electron chi connectivity index (χ4n) is 4.08. The molecule has 10 heteroatoms. The lowest BCUT2D eigenvalue weighted by Crippen LogP contribution is -2.37. The van der Waals surface area contributed by atoms with E-state index in [0.717, 1.165) is 5.56 Å². The molecule has 1 heterocycles. The SMILES string of the molecule is COc1cccc(CN2Cc3cc(NS(=O)(=O)c4ccccc4C#N)ccc3OC(C)C2=O)c1OC. The van der Waals surface area contributed by atoms with Gasteiger partial charge in [0.2, 0.25) is 0 Å². The van der Waals surface area contributed by atoms with Crippen LogP contribution in [0, 0.1) is 11.3 Å². The van der Waals surface area contributed by atoms with Gasteiger partial charge in [-0.25, -0.2) is 8.42 Å². The van der Waals surface area contributed by atoms with Gasteiger partial charge in [-0.05, 0) is 43.3 Å². The van der Waals surface area contributed by atoms with Gasteiger partial charge < -0.3 is 19.1 Å². The zero-order chi connectivity index (χ0) is 25.9. The lowest BCUT2D eigenvalue weighted by atomic mass is 10.1. The van der Waals surface area contributed by atoms with Crippen molar-refractivity contribution < 1.29 is 27.4 Å². The zero-order valence-electron chi connectivity index (χ0n) is 20.0. The van der Waals surface area contributed by atoms with E-state index >= 15 is 0 Å². The quantitative estimate of drug-likeness (QED) is 0.518. The Kier molecular flexibility index (Phi) is 7.03. The third-order valence-corrected chi connectivity index (χ3v) is 7.22. The molecule has 0 radical (unpaired) electrons. The van der Waals surface area contributed by atoms with E-state index < -0.39 is 16.1 Å². The molecule has 0 fully saturated rings. The van der Waals surface area contributed by atoms with E-state index in [1.807, 2.05) is 18.2 Å². The Labute approximate surface area is 209 Å². The van der Waals surface area contributed by atoms with Gasteiger partial charge in [-0.15, -0.1) is 0 Å². The van der Waals surface area contributed by atoms with Gasteiger partial charge in [0.05, 0.1) is 19.8 Å². The molecule has 1 amide bonds. The molecule has 1 N–H and O–H groups in total. The number of rotatable bonds is 7. The molecule has 0 bridgehead atoms. The Balaban J connectivity index is 1.65. The number of methoxy groups -OCH3 is 2. The molecule has 0 aliphatic carbocycles. The van der Waals surface area contributed by atoms with E-state index in [0.29, 0.717) is 22.8 Å². The molecule has 1 atom stereocenters. The van der Waals surface area contributed by atoms with Crippen LogP contribution in [0.3, 0.4) is 0 Å². The number of hydrogen-bond acceptors (Lipinski definition) is 7. The predicted octanol–water partition coefficient (Wildman–Crippen LogP) is 3.69. The third-order valence-electron chi connectivity index (χ3n) is 5.78. The van der Waals surface area contributed by atoms with Crippen molar-refractivity contribution in [2.75, 3.05) is 18.9 Å². The first-order chi connectivity index (χ1) is 17.3. The molecule has 3 aromatic rings. The van der Waals surface area contributed by atoms with E-state index in [2.05, 4.69) is 4.72 Å². The average Bonchev–Trinajstić information content (AvgIpc) is 2.99. The highest BCUT2D eigenvalue weighted by atomic mass is 32.2. The van der Waals surface area contributed by atoms with Gasteiger partial charge in [-0.3, -0.25) is 9.52 Å². The number of carbonyl (C=O) groups is 1. The second-order valence-electron chi connectivity index (χ2n) is 8.14. The van der Waals surface area contributed by atoms with Crippen LogP contribution in [0.25, 0.3) is 0 Å². The molecule has 3 aromatic carbocycles. The summed E-state index contributed by atoms with van der Waals surface area (Å²) in [5.41, 5.74) is 1.71. The van der Waals surface area contributed by atoms with Gasteiger partial charge in [0, 0.05) is 29.9 Å². The average molecular weight is 508 g/mol. The molecule has 1 unspecified atom stereocenters. The van der Waals surface area contributed by atoms with Crippen LogP contribution < -0.4 is 18.9 Å². The van der Waals surface area contributed by atoms with Crippen LogP contribution in [-0.4, -0.2) is 39.5 Å². The highest BCUT2D eigenvalue weighted by molar-refractivity contribution is 7.92. The molecule has 4 rings (SSSR count). The molecule has 186 valence electrons. The van der Waals surface area contributed by atoms with Crippen molar-refractivity contribution >= 4 is 21.6 Å². The Morgan fingerprint density at radius 2 is 1.89 bits per heavy atom. The maximum atomic E-state index is 13.1. The number of nitriles is 1. The topological polar surface area (TPSA) is 118 Å². The van der Waals surface area contributed by atoms with Gasteiger partial charge in [0.15, 0.2) is 17.6 Å². The summed E-state index contributed by atoms with van der Waals surface area (Å²) in [4.78, 5) is 14.6. The van der Waals surface area contributed by atoms with Crippen LogP contribution in [0.15, 0.2) is 65.6 Å². The minimum Gasteiger partial charge on any atom is -0.493 e. The first kappa shape index (κ1) is 24.9. The summed E-state index contributed by atoms with van der Waals surface area (Å²) in [6, 6.07) is 18.1. The summed E-state index contributed by atoms with van der Waals surface area (Å²) >= 11 is 0. The number of carbonyl (C=O) groups excluding carboxylic acids is 1. The van der Waals surface area contributed by atoms with E-state index in [4.69, 9.17) is 14.2 Å². The number of sulfonamides is 1. The highest BCUT2D eigenvalue weighted by Gasteiger charge is 2.29. The lowest BCUT2D eigenvalue weighted by molar-refractivity contribution is -0.138. The minimum atomic E-state index is -4.02. The molecule has 36 heavy (non-hydrogen) atoms. The summed E-state index contributed by atoms with van der Waals surface area (Å²) in [6.45, 7) is 2.09. The number of anilines is 1.